The first kappa shape index (κ1) is 14.4. The number of hydrogen-bond acceptors (Lipinski definition) is 4. The Kier molecular flexibility index (Phi) is 4.54. The molecule has 1 fully saturated rings. The Bertz CT molecular complexity index is 513. The molecule has 0 aromatic carbocycles. The van der Waals surface area contributed by atoms with Gasteiger partial charge in [0.2, 0.25) is 0 Å². The molecule has 1 aliphatic rings. The average molecular weight is 283 g/mol. The van der Waals surface area contributed by atoms with Gasteiger partial charge in [-0.05, 0) is 31.0 Å². The molecule has 1 aliphatic heterocycles. The topological polar surface area (TPSA) is 62.3 Å². The van der Waals surface area contributed by atoms with E-state index in [0.29, 0.717) is 25.6 Å². The fourth-order valence-corrected chi connectivity index (χ4v) is 3.80. The number of nitrogens with zero attached hydrogens (tertiary/aromatic N) is 2. The molecule has 0 aliphatic carbocycles. The second-order valence-electron chi connectivity index (χ2n) is 4.96. The summed E-state index contributed by atoms with van der Waals surface area (Å²) in [6.07, 6.45) is 3.60. The summed E-state index contributed by atoms with van der Waals surface area (Å²) in [5.74, 6) is 0.485. The van der Waals surface area contributed by atoms with Gasteiger partial charge in [0.1, 0.15) is 0 Å². The lowest BCUT2D eigenvalue weighted by atomic mass is 10.1. The zero-order valence-corrected chi connectivity index (χ0v) is 12.3. The molecule has 5 nitrogen and oxygen atoms in total. The maximum atomic E-state index is 12.4. The van der Waals surface area contributed by atoms with Gasteiger partial charge in [-0.1, -0.05) is 19.4 Å². The number of hydrogen-bond donors (Lipinski definition) is 1. The van der Waals surface area contributed by atoms with Crippen molar-refractivity contribution < 1.29 is 8.42 Å². The molecule has 0 bridgehead atoms. The van der Waals surface area contributed by atoms with Gasteiger partial charge in [-0.15, -0.1) is 0 Å². The van der Waals surface area contributed by atoms with Crippen molar-refractivity contribution >= 4 is 10.0 Å². The Morgan fingerprint density at radius 1 is 1.47 bits per heavy atom. The molecule has 0 saturated carbocycles. The maximum absolute atomic E-state index is 12.4. The zero-order chi connectivity index (χ0) is 13.9. The van der Waals surface area contributed by atoms with E-state index < -0.39 is 10.0 Å². The maximum Gasteiger partial charge on any atom is 0.260 e. The van der Waals surface area contributed by atoms with Crippen LogP contribution in [0.2, 0.25) is 0 Å². The Morgan fingerprint density at radius 2 is 2.26 bits per heavy atom. The summed E-state index contributed by atoms with van der Waals surface area (Å²) >= 11 is 0. The van der Waals surface area contributed by atoms with Crippen molar-refractivity contribution in [2.75, 3.05) is 20.1 Å². The molecular weight excluding hydrogens is 262 g/mol. The predicted molar refractivity (Wildman–Crippen MR) is 74.2 cm³/mol. The Labute approximate surface area is 115 Å². The molecule has 1 aromatic heterocycles. The monoisotopic (exact) mass is 283 g/mol. The van der Waals surface area contributed by atoms with Crippen LogP contribution in [0, 0.1) is 5.92 Å². The van der Waals surface area contributed by atoms with Crippen LogP contribution in [0.1, 0.15) is 25.3 Å². The van der Waals surface area contributed by atoms with E-state index in [1.807, 2.05) is 13.1 Å². The first-order valence-electron chi connectivity index (χ1n) is 6.67. The van der Waals surface area contributed by atoms with E-state index >= 15 is 0 Å². The SMILES string of the molecule is CCC1CCN(S(=O)(=O)c2ccc(CNC)cn2)C1. The van der Waals surface area contributed by atoms with E-state index in [1.54, 1.807) is 16.6 Å². The number of rotatable bonds is 5. The normalized spacial score (nSPS) is 20.8. The van der Waals surface area contributed by atoms with Gasteiger partial charge in [0.05, 0.1) is 0 Å². The van der Waals surface area contributed by atoms with Crippen molar-refractivity contribution in [2.24, 2.45) is 5.92 Å². The third-order valence-electron chi connectivity index (χ3n) is 3.61. The van der Waals surface area contributed by atoms with Gasteiger partial charge in [-0.25, -0.2) is 13.4 Å². The summed E-state index contributed by atoms with van der Waals surface area (Å²) in [6, 6.07) is 3.41. The van der Waals surface area contributed by atoms with Gasteiger partial charge in [0.25, 0.3) is 10.0 Å². The third-order valence-corrected chi connectivity index (χ3v) is 5.39. The standard InChI is InChI=1S/C13H21N3O2S/c1-3-11-6-7-16(10-11)19(17,18)13-5-4-12(8-14-2)9-15-13/h4-5,9,11,14H,3,6-8,10H2,1-2H3. The first-order valence-corrected chi connectivity index (χ1v) is 8.11. The molecule has 0 spiro atoms. The van der Waals surface area contributed by atoms with Gasteiger partial charge in [0.15, 0.2) is 5.03 Å². The highest BCUT2D eigenvalue weighted by Crippen LogP contribution is 2.25. The van der Waals surface area contributed by atoms with Crippen molar-refractivity contribution in [3.05, 3.63) is 23.9 Å². The highest BCUT2D eigenvalue weighted by Gasteiger charge is 2.32. The van der Waals surface area contributed by atoms with E-state index in [-0.39, 0.29) is 5.03 Å². The molecule has 1 aromatic rings. The predicted octanol–water partition coefficient (Wildman–Crippen LogP) is 1.22. The third kappa shape index (κ3) is 3.13. The summed E-state index contributed by atoms with van der Waals surface area (Å²) in [4.78, 5) is 4.09. The van der Waals surface area contributed by atoms with Crippen molar-refractivity contribution in [2.45, 2.75) is 31.3 Å². The summed E-state index contributed by atoms with van der Waals surface area (Å²) in [6.45, 7) is 4.03. The lowest BCUT2D eigenvalue weighted by Gasteiger charge is -2.15. The van der Waals surface area contributed by atoms with E-state index in [2.05, 4.69) is 17.2 Å². The average Bonchev–Trinajstić information content (AvgIpc) is 2.89. The highest BCUT2D eigenvalue weighted by molar-refractivity contribution is 7.89. The van der Waals surface area contributed by atoms with Crippen molar-refractivity contribution in [1.29, 1.82) is 0 Å². The van der Waals surface area contributed by atoms with Crippen molar-refractivity contribution in [3.63, 3.8) is 0 Å². The van der Waals surface area contributed by atoms with E-state index in [9.17, 15) is 8.42 Å². The molecule has 19 heavy (non-hydrogen) atoms. The molecule has 2 heterocycles. The molecule has 2 rings (SSSR count). The van der Waals surface area contributed by atoms with Crippen LogP contribution in [0.25, 0.3) is 0 Å². The van der Waals surface area contributed by atoms with Gasteiger partial charge in [-0.3, -0.25) is 0 Å². The number of aromatic nitrogens is 1. The van der Waals surface area contributed by atoms with Crippen LogP contribution >= 0.6 is 0 Å². The molecule has 1 unspecified atom stereocenters. The minimum absolute atomic E-state index is 0.157. The van der Waals surface area contributed by atoms with Crippen LogP contribution in [-0.2, 0) is 16.6 Å². The second-order valence-corrected chi connectivity index (χ2v) is 6.85. The zero-order valence-electron chi connectivity index (χ0n) is 11.5. The molecule has 0 amide bonds. The Morgan fingerprint density at radius 3 is 2.79 bits per heavy atom. The second kappa shape index (κ2) is 5.98. The van der Waals surface area contributed by atoms with Crippen LogP contribution in [-0.4, -0.2) is 37.8 Å². The highest BCUT2D eigenvalue weighted by atomic mass is 32.2. The lowest BCUT2D eigenvalue weighted by Crippen LogP contribution is -2.29. The number of pyridine rings is 1. The molecule has 106 valence electrons. The summed E-state index contributed by atoms with van der Waals surface area (Å²) in [5, 5.41) is 3.17. The number of nitrogens with one attached hydrogen (secondary N) is 1. The first-order chi connectivity index (χ1) is 9.07. The van der Waals surface area contributed by atoms with Gasteiger partial charge in [0, 0.05) is 25.8 Å². The number of sulfonamides is 1. The molecular formula is C13H21N3O2S. The van der Waals surface area contributed by atoms with Gasteiger partial charge in [-0.2, -0.15) is 4.31 Å². The lowest BCUT2D eigenvalue weighted by molar-refractivity contribution is 0.450. The molecule has 1 atom stereocenters. The van der Waals surface area contributed by atoms with Crippen LogP contribution in [0.15, 0.2) is 23.4 Å². The van der Waals surface area contributed by atoms with Crippen LogP contribution in [0.4, 0.5) is 0 Å². The van der Waals surface area contributed by atoms with E-state index in [1.165, 1.54) is 0 Å². The smallest absolute Gasteiger partial charge is 0.260 e. The summed E-state index contributed by atoms with van der Waals surface area (Å²) < 4.78 is 26.4. The molecule has 6 heteroatoms. The van der Waals surface area contributed by atoms with Gasteiger partial charge < -0.3 is 5.32 Å². The Balaban J connectivity index is 2.15. The van der Waals surface area contributed by atoms with E-state index in [0.717, 1.165) is 18.4 Å². The fraction of sp³-hybridized carbons (Fsp3) is 0.615. The van der Waals surface area contributed by atoms with Crippen LogP contribution < -0.4 is 5.32 Å². The minimum atomic E-state index is -3.41. The van der Waals surface area contributed by atoms with E-state index in [4.69, 9.17) is 0 Å². The minimum Gasteiger partial charge on any atom is -0.316 e. The fourth-order valence-electron chi connectivity index (χ4n) is 2.35. The Hall–Kier alpha value is -0.980. The summed E-state index contributed by atoms with van der Waals surface area (Å²) in [7, 11) is -1.56. The van der Waals surface area contributed by atoms with Gasteiger partial charge >= 0.3 is 0 Å². The van der Waals surface area contributed by atoms with Crippen molar-refractivity contribution in [3.8, 4) is 0 Å². The summed E-state index contributed by atoms with van der Waals surface area (Å²) in [5.41, 5.74) is 0.981. The van der Waals surface area contributed by atoms with Crippen LogP contribution in [0.5, 0.6) is 0 Å². The van der Waals surface area contributed by atoms with Crippen molar-refractivity contribution in [1.82, 2.24) is 14.6 Å². The molecule has 1 saturated heterocycles. The molecule has 0 radical (unpaired) electrons. The molecule has 1 N–H and O–H groups in total. The largest absolute Gasteiger partial charge is 0.316 e. The quantitative estimate of drug-likeness (QED) is 0.882. The van der Waals surface area contributed by atoms with Crippen LogP contribution in [0.3, 0.4) is 0 Å².